The van der Waals surface area contributed by atoms with Gasteiger partial charge in [0.1, 0.15) is 22.6 Å². The van der Waals surface area contributed by atoms with Crippen LogP contribution in [0.2, 0.25) is 0 Å². The van der Waals surface area contributed by atoms with E-state index in [0.717, 1.165) is 77.9 Å². The molecule has 0 bridgehead atoms. The molecule has 7 aromatic carbocycles. The van der Waals surface area contributed by atoms with E-state index >= 15 is 0 Å². The normalized spacial score (nSPS) is 14.4. The fourth-order valence-corrected chi connectivity index (χ4v) is 8.14. The number of para-hydroxylation sites is 3. The van der Waals surface area contributed by atoms with Gasteiger partial charge in [-0.05, 0) is 60.2 Å². The first-order chi connectivity index (χ1) is 28.2. The molecule has 0 spiro atoms. The lowest BCUT2D eigenvalue weighted by atomic mass is 10.0. The first-order valence-corrected chi connectivity index (χ1v) is 19.1. The number of nitrogens with zero attached hydrogens (tertiary/aromatic N) is 6. The summed E-state index contributed by atoms with van der Waals surface area (Å²) in [6.07, 6.45) is -0.343. The Morgan fingerprint density at radius 2 is 1.19 bits per heavy atom. The summed E-state index contributed by atoms with van der Waals surface area (Å²) < 4.78 is 8.90. The molecule has 0 N–H and O–H groups in total. The Hall–Kier alpha value is -7.64. The van der Waals surface area contributed by atoms with E-state index in [1.165, 1.54) is 5.39 Å². The van der Waals surface area contributed by atoms with Crippen molar-refractivity contribution in [1.29, 1.82) is 0 Å². The Labute approximate surface area is 328 Å². The van der Waals surface area contributed by atoms with Crippen molar-refractivity contribution in [2.75, 3.05) is 7.05 Å². The van der Waals surface area contributed by atoms with Crippen LogP contribution in [0.4, 0.5) is 0 Å². The molecular weight excluding hydrogens is 701 g/mol. The van der Waals surface area contributed by atoms with Gasteiger partial charge >= 0.3 is 0 Å². The van der Waals surface area contributed by atoms with Crippen molar-refractivity contribution in [2.24, 2.45) is 9.98 Å². The van der Waals surface area contributed by atoms with Crippen LogP contribution < -0.4 is 0 Å². The Morgan fingerprint density at radius 3 is 2.00 bits per heavy atom. The zero-order chi connectivity index (χ0) is 37.9. The van der Waals surface area contributed by atoms with Gasteiger partial charge in [0.2, 0.25) is 0 Å². The largest absolute Gasteiger partial charge is 0.452 e. The zero-order valence-electron chi connectivity index (χ0n) is 31.0. The summed E-state index contributed by atoms with van der Waals surface area (Å²) in [5.41, 5.74) is 11.1. The first kappa shape index (κ1) is 32.8. The highest BCUT2D eigenvalue weighted by Gasteiger charge is 2.28. The third kappa shape index (κ3) is 5.51. The summed E-state index contributed by atoms with van der Waals surface area (Å²) in [4.78, 5) is 23.0. The molecule has 0 saturated heterocycles. The van der Waals surface area contributed by atoms with E-state index < -0.39 is 0 Å². The SMILES string of the molecule is CN1C(c2ccccc2)=NC(c2ccccc2)=NC1c1cccc(-c2nc(-c3ccc4c(c3)c3ccccc3n4-c3ccccc3)nc3c2oc2ccccc23)c1. The molecule has 10 aromatic rings. The lowest BCUT2D eigenvalue weighted by Gasteiger charge is -2.32. The van der Waals surface area contributed by atoms with Crippen LogP contribution in [0.25, 0.3) is 72.2 Å². The van der Waals surface area contributed by atoms with Crippen LogP contribution >= 0.6 is 0 Å². The molecule has 0 radical (unpaired) electrons. The van der Waals surface area contributed by atoms with Crippen LogP contribution in [0.3, 0.4) is 0 Å². The predicted molar refractivity (Wildman–Crippen MR) is 231 cm³/mol. The minimum atomic E-state index is -0.343. The average molecular weight is 735 g/mol. The number of aromatic nitrogens is 3. The van der Waals surface area contributed by atoms with Crippen molar-refractivity contribution >= 4 is 55.5 Å². The summed E-state index contributed by atoms with van der Waals surface area (Å²) >= 11 is 0. The van der Waals surface area contributed by atoms with Gasteiger partial charge in [-0.2, -0.15) is 0 Å². The van der Waals surface area contributed by atoms with Crippen LogP contribution in [0.5, 0.6) is 0 Å². The summed E-state index contributed by atoms with van der Waals surface area (Å²) in [5.74, 6) is 2.18. The van der Waals surface area contributed by atoms with E-state index in [1.54, 1.807) is 0 Å². The van der Waals surface area contributed by atoms with Crippen LogP contribution in [0.1, 0.15) is 22.9 Å². The van der Waals surface area contributed by atoms with Gasteiger partial charge < -0.3 is 13.9 Å². The van der Waals surface area contributed by atoms with Gasteiger partial charge in [-0.3, -0.25) is 0 Å². The van der Waals surface area contributed by atoms with E-state index in [0.29, 0.717) is 17.2 Å². The number of benzene rings is 7. The molecule has 0 saturated carbocycles. The summed E-state index contributed by atoms with van der Waals surface area (Å²) in [6.45, 7) is 0. The maximum atomic E-state index is 6.58. The highest BCUT2D eigenvalue weighted by atomic mass is 16.3. The fourth-order valence-electron chi connectivity index (χ4n) is 8.14. The lowest BCUT2D eigenvalue weighted by molar-refractivity contribution is 0.383. The number of fused-ring (bicyclic) bond motifs is 6. The topological polar surface area (TPSA) is 71.8 Å². The number of aliphatic imine (C=N–C) groups is 2. The maximum Gasteiger partial charge on any atom is 0.180 e. The fraction of sp³-hybridized carbons (Fsp3) is 0.0400. The quantitative estimate of drug-likeness (QED) is 0.170. The monoisotopic (exact) mass is 734 g/mol. The predicted octanol–water partition coefficient (Wildman–Crippen LogP) is 11.6. The van der Waals surface area contributed by atoms with Crippen LogP contribution in [-0.2, 0) is 0 Å². The van der Waals surface area contributed by atoms with E-state index in [1.807, 2.05) is 54.6 Å². The molecule has 57 heavy (non-hydrogen) atoms. The van der Waals surface area contributed by atoms with Crippen molar-refractivity contribution in [3.8, 4) is 28.3 Å². The zero-order valence-corrected chi connectivity index (χ0v) is 31.0. The Balaban J connectivity index is 1.08. The van der Waals surface area contributed by atoms with E-state index in [4.69, 9.17) is 24.4 Å². The van der Waals surface area contributed by atoms with Crippen molar-refractivity contribution in [2.45, 2.75) is 6.17 Å². The van der Waals surface area contributed by atoms with Crippen molar-refractivity contribution in [1.82, 2.24) is 19.4 Å². The molecule has 0 fully saturated rings. The minimum Gasteiger partial charge on any atom is -0.452 e. The molecule has 3 aromatic heterocycles. The van der Waals surface area contributed by atoms with E-state index in [2.05, 4.69) is 144 Å². The van der Waals surface area contributed by atoms with Crippen molar-refractivity contribution in [3.63, 3.8) is 0 Å². The Morgan fingerprint density at radius 1 is 0.526 bits per heavy atom. The molecule has 270 valence electrons. The lowest BCUT2D eigenvalue weighted by Crippen LogP contribution is -2.35. The minimum absolute atomic E-state index is 0.343. The van der Waals surface area contributed by atoms with Gasteiger partial charge in [0.25, 0.3) is 0 Å². The number of hydrogen-bond donors (Lipinski definition) is 0. The summed E-state index contributed by atoms with van der Waals surface area (Å²) in [5, 5.41) is 3.26. The smallest absolute Gasteiger partial charge is 0.180 e. The molecule has 1 aliphatic rings. The van der Waals surface area contributed by atoms with E-state index in [9.17, 15) is 0 Å². The molecule has 7 nitrogen and oxygen atoms in total. The second kappa shape index (κ2) is 13.3. The highest BCUT2D eigenvalue weighted by Crippen LogP contribution is 2.39. The Bertz CT molecular complexity index is 3200. The van der Waals surface area contributed by atoms with Gasteiger partial charge in [0.15, 0.2) is 23.4 Å². The maximum absolute atomic E-state index is 6.58. The van der Waals surface area contributed by atoms with E-state index in [-0.39, 0.29) is 6.17 Å². The Kier molecular flexibility index (Phi) is 7.64. The standard InChI is InChI=1S/C50H34N6O/c1-55-49(33-18-7-3-8-19-33)53-47(32-16-5-2-6-17-32)54-50(55)36-21-15-20-34(30-36)44-46-45(39-25-12-14-27-43(39)57-46)52-48(51-44)35-28-29-42-40(31-35)38-24-11-13-26-41(38)56(42)37-22-9-4-10-23-37/h2-31,50H,1H3. The van der Waals surface area contributed by atoms with Gasteiger partial charge in [-0.25, -0.2) is 20.0 Å². The first-order valence-electron chi connectivity index (χ1n) is 19.1. The van der Waals surface area contributed by atoms with Gasteiger partial charge in [-0.15, -0.1) is 0 Å². The molecule has 1 aliphatic heterocycles. The number of amidine groups is 2. The van der Waals surface area contributed by atoms with Crippen molar-refractivity contribution in [3.05, 3.63) is 199 Å². The van der Waals surface area contributed by atoms with Crippen LogP contribution in [0, 0.1) is 0 Å². The molecule has 0 aliphatic carbocycles. The number of furan rings is 1. The van der Waals surface area contributed by atoms with Crippen molar-refractivity contribution < 1.29 is 4.42 Å². The summed E-state index contributed by atoms with van der Waals surface area (Å²) in [6, 6.07) is 62.6. The number of hydrogen-bond acceptors (Lipinski definition) is 6. The third-order valence-corrected chi connectivity index (χ3v) is 10.8. The van der Waals surface area contributed by atoms with Crippen LogP contribution in [0.15, 0.2) is 196 Å². The molecule has 1 unspecified atom stereocenters. The van der Waals surface area contributed by atoms with Gasteiger partial charge in [0, 0.05) is 51.1 Å². The average Bonchev–Trinajstić information content (AvgIpc) is 3.83. The second-order valence-corrected chi connectivity index (χ2v) is 14.3. The molecule has 4 heterocycles. The second-order valence-electron chi connectivity index (χ2n) is 14.3. The van der Waals surface area contributed by atoms with Gasteiger partial charge in [0.05, 0.1) is 11.0 Å². The molecule has 11 rings (SSSR count). The van der Waals surface area contributed by atoms with Crippen LogP contribution in [-0.4, -0.2) is 38.2 Å². The molecule has 1 atom stereocenters. The number of rotatable bonds is 6. The summed E-state index contributed by atoms with van der Waals surface area (Å²) in [7, 11) is 2.06. The molecule has 0 amide bonds. The van der Waals surface area contributed by atoms with Gasteiger partial charge in [-0.1, -0.05) is 127 Å². The molecule has 7 heteroatoms. The highest BCUT2D eigenvalue weighted by molar-refractivity contribution is 6.13. The molecular formula is C50H34N6O. The third-order valence-electron chi connectivity index (χ3n) is 10.8.